The number of rotatable bonds is 4. The molecular formula is C15H15NO2. The largest absolute Gasteiger partial charge is 0.461 e. The first-order valence-corrected chi connectivity index (χ1v) is 5.78. The molecule has 0 aliphatic rings. The highest BCUT2D eigenvalue weighted by molar-refractivity contribution is 5.72. The summed E-state index contributed by atoms with van der Waals surface area (Å²) in [5.74, 6) is -0.233. The Bertz CT molecular complexity index is 506. The van der Waals surface area contributed by atoms with Crippen LogP contribution in [0.3, 0.4) is 0 Å². The molecule has 0 unspecified atom stereocenters. The Morgan fingerprint density at radius 1 is 0.944 bits per heavy atom. The van der Waals surface area contributed by atoms with E-state index >= 15 is 0 Å². The van der Waals surface area contributed by atoms with Crippen molar-refractivity contribution in [2.75, 3.05) is 5.73 Å². The zero-order valence-electron chi connectivity index (χ0n) is 10.0. The second-order valence-electron chi connectivity index (χ2n) is 4.06. The Labute approximate surface area is 106 Å². The van der Waals surface area contributed by atoms with Crippen LogP contribution in [-0.2, 0) is 22.6 Å². The van der Waals surface area contributed by atoms with Crippen molar-refractivity contribution in [1.82, 2.24) is 0 Å². The third-order valence-electron chi connectivity index (χ3n) is 2.57. The minimum Gasteiger partial charge on any atom is -0.461 e. The lowest BCUT2D eigenvalue weighted by atomic mass is 10.1. The van der Waals surface area contributed by atoms with Crippen LogP contribution in [-0.4, -0.2) is 5.97 Å². The first kappa shape index (κ1) is 12.2. The van der Waals surface area contributed by atoms with Crippen LogP contribution in [0.25, 0.3) is 0 Å². The van der Waals surface area contributed by atoms with Gasteiger partial charge in [-0.15, -0.1) is 0 Å². The van der Waals surface area contributed by atoms with E-state index < -0.39 is 0 Å². The lowest BCUT2D eigenvalue weighted by molar-refractivity contribution is -0.144. The average Bonchev–Trinajstić information content (AvgIpc) is 2.40. The van der Waals surface area contributed by atoms with E-state index in [4.69, 9.17) is 10.5 Å². The molecule has 0 amide bonds. The molecule has 2 N–H and O–H groups in total. The lowest BCUT2D eigenvalue weighted by Crippen LogP contribution is -2.07. The maximum atomic E-state index is 11.6. The third kappa shape index (κ3) is 3.63. The van der Waals surface area contributed by atoms with Crippen molar-refractivity contribution < 1.29 is 9.53 Å². The number of hydrogen-bond donors (Lipinski definition) is 1. The molecule has 0 atom stereocenters. The van der Waals surface area contributed by atoms with E-state index in [0.29, 0.717) is 12.3 Å². The molecule has 3 heteroatoms. The van der Waals surface area contributed by atoms with E-state index in [1.54, 1.807) is 12.1 Å². The second kappa shape index (κ2) is 5.87. The third-order valence-corrected chi connectivity index (χ3v) is 2.57. The molecule has 0 aromatic heterocycles. The monoisotopic (exact) mass is 241 g/mol. The molecule has 0 bridgehead atoms. The second-order valence-corrected chi connectivity index (χ2v) is 4.06. The number of hydrogen-bond acceptors (Lipinski definition) is 3. The van der Waals surface area contributed by atoms with Crippen molar-refractivity contribution in [2.24, 2.45) is 0 Å². The van der Waals surface area contributed by atoms with Gasteiger partial charge in [0.1, 0.15) is 6.61 Å². The number of anilines is 1. The van der Waals surface area contributed by atoms with E-state index in [1.807, 2.05) is 42.5 Å². The summed E-state index contributed by atoms with van der Waals surface area (Å²) in [5.41, 5.74) is 8.16. The van der Waals surface area contributed by atoms with Crippen molar-refractivity contribution in [1.29, 1.82) is 0 Å². The van der Waals surface area contributed by atoms with Gasteiger partial charge < -0.3 is 10.5 Å². The Hall–Kier alpha value is -2.29. The van der Waals surface area contributed by atoms with Crippen LogP contribution in [0.5, 0.6) is 0 Å². The lowest BCUT2D eigenvalue weighted by Gasteiger charge is -2.05. The molecule has 2 aromatic rings. The van der Waals surface area contributed by atoms with E-state index in [-0.39, 0.29) is 12.4 Å². The summed E-state index contributed by atoms with van der Waals surface area (Å²) in [4.78, 5) is 11.6. The van der Waals surface area contributed by atoms with E-state index in [1.165, 1.54) is 0 Å². The molecule has 0 aliphatic heterocycles. The number of carbonyl (C=O) groups is 1. The molecule has 0 spiro atoms. The molecule has 0 fully saturated rings. The van der Waals surface area contributed by atoms with Crippen molar-refractivity contribution in [3.63, 3.8) is 0 Å². The number of ether oxygens (including phenoxy) is 1. The number of benzene rings is 2. The zero-order valence-corrected chi connectivity index (χ0v) is 10.0. The molecule has 2 aromatic carbocycles. The number of nitrogen functional groups attached to an aromatic ring is 1. The molecule has 2 rings (SSSR count). The van der Waals surface area contributed by atoms with Crippen LogP contribution < -0.4 is 5.73 Å². The van der Waals surface area contributed by atoms with Crippen LogP contribution in [0.15, 0.2) is 54.6 Å². The molecular weight excluding hydrogens is 226 g/mol. The summed E-state index contributed by atoms with van der Waals surface area (Å²) in [7, 11) is 0. The first-order valence-electron chi connectivity index (χ1n) is 5.78. The van der Waals surface area contributed by atoms with Gasteiger partial charge >= 0.3 is 5.97 Å². The van der Waals surface area contributed by atoms with Crippen LogP contribution in [0.4, 0.5) is 5.69 Å². The Balaban J connectivity index is 1.84. The highest BCUT2D eigenvalue weighted by Gasteiger charge is 2.04. The average molecular weight is 241 g/mol. The smallest absolute Gasteiger partial charge is 0.310 e. The summed E-state index contributed by atoms with van der Waals surface area (Å²) in [6.45, 7) is 0.314. The predicted octanol–water partition coefficient (Wildman–Crippen LogP) is 2.55. The van der Waals surface area contributed by atoms with E-state index in [9.17, 15) is 4.79 Å². The normalized spacial score (nSPS) is 10.0. The fraction of sp³-hybridized carbons (Fsp3) is 0.133. The SMILES string of the molecule is Nc1ccc(CC(=O)OCc2ccccc2)cc1. The maximum absolute atomic E-state index is 11.6. The summed E-state index contributed by atoms with van der Waals surface area (Å²) in [6, 6.07) is 16.8. The van der Waals surface area contributed by atoms with Crippen LogP contribution in [0, 0.1) is 0 Å². The minimum atomic E-state index is -0.233. The molecule has 0 saturated heterocycles. The molecule has 92 valence electrons. The van der Waals surface area contributed by atoms with Gasteiger partial charge in [-0.05, 0) is 23.3 Å². The first-order chi connectivity index (χ1) is 8.74. The maximum Gasteiger partial charge on any atom is 0.310 e. The molecule has 0 radical (unpaired) electrons. The fourth-order valence-corrected chi connectivity index (χ4v) is 1.59. The van der Waals surface area contributed by atoms with Crippen molar-refractivity contribution in [3.8, 4) is 0 Å². The quantitative estimate of drug-likeness (QED) is 0.661. The standard InChI is InChI=1S/C15H15NO2/c16-14-8-6-12(7-9-14)10-15(17)18-11-13-4-2-1-3-5-13/h1-9H,10-11,16H2. The summed E-state index contributed by atoms with van der Waals surface area (Å²) < 4.78 is 5.19. The summed E-state index contributed by atoms with van der Waals surface area (Å²) >= 11 is 0. The van der Waals surface area contributed by atoms with Crippen molar-refractivity contribution in [2.45, 2.75) is 13.0 Å². The summed E-state index contributed by atoms with van der Waals surface area (Å²) in [5, 5.41) is 0. The van der Waals surface area contributed by atoms with Crippen LogP contribution >= 0.6 is 0 Å². The fourth-order valence-electron chi connectivity index (χ4n) is 1.59. The Morgan fingerprint density at radius 3 is 2.28 bits per heavy atom. The minimum absolute atomic E-state index is 0.233. The van der Waals surface area contributed by atoms with E-state index in [0.717, 1.165) is 11.1 Å². The highest BCUT2D eigenvalue weighted by atomic mass is 16.5. The molecule has 0 aliphatic carbocycles. The van der Waals surface area contributed by atoms with Gasteiger partial charge in [-0.25, -0.2) is 0 Å². The van der Waals surface area contributed by atoms with Gasteiger partial charge in [-0.3, -0.25) is 4.79 Å². The Kier molecular flexibility index (Phi) is 3.97. The van der Waals surface area contributed by atoms with Gasteiger partial charge in [-0.2, -0.15) is 0 Å². The van der Waals surface area contributed by atoms with Gasteiger partial charge in [0.25, 0.3) is 0 Å². The number of carbonyl (C=O) groups excluding carboxylic acids is 1. The zero-order chi connectivity index (χ0) is 12.8. The topological polar surface area (TPSA) is 52.3 Å². The van der Waals surface area contributed by atoms with Gasteiger partial charge in [-0.1, -0.05) is 42.5 Å². The van der Waals surface area contributed by atoms with Crippen molar-refractivity contribution in [3.05, 3.63) is 65.7 Å². The van der Waals surface area contributed by atoms with E-state index in [2.05, 4.69) is 0 Å². The molecule has 0 saturated carbocycles. The van der Waals surface area contributed by atoms with Crippen LogP contribution in [0.2, 0.25) is 0 Å². The highest BCUT2D eigenvalue weighted by Crippen LogP contribution is 2.08. The molecule has 0 heterocycles. The number of esters is 1. The van der Waals surface area contributed by atoms with Gasteiger partial charge in [0.15, 0.2) is 0 Å². The molecule has 18 heavy (non-hydrogen) atoms. The van der Waals surface area contributed by atoms with Crippen molar-refractivity contribution >= 4 is 11.7 Å². The van der Waals surface area contributed by atoms with Gasteiger partial charge in [0.2, 0.25) is 0 Å². The summed E-state index contributed by atoms with van der Waals surface area (Å²) in [6.07, 6.45) is 0.271. The number of nitrogens with two attached hydrogens (primary N) is 1. The van der Waals surface area contributed by atoms with Gasteiger partial charge in [0.05, 0.1) is 6.42 Å². The van der Waals surface area contributed by atoms with Crippen LogP contribution in [0.1, 0.15) is 11.1 Å². The Morgan fingerprint density at radius 2 is 1.61 bits per heavy atom. The predicted molar refractivity (Wildman–Crippen MR) is 70.8 cm³/mol. The van der Waals surface area contributed by atoms with Gasteiger partial charge in [0, 0.05) is 5.69 Å². The molecule has 3 nitrogen and oxygen atoms in total.